The lowest BCUT2D eigenvalue weighted by Crippen LogP contribution is -2.24. The summed E-state index contributed by atoms with van der Waals surface area (Å²) in [6.45, 7) is 4.25. The SMILES string of the molecule is Cc1ccc2nc([C@H]3CCCN3Cc3cnn(C)c3C3CC3)[nH]c2c1. The Morgan fingerprint density at radius 3 is 2.96 bits per heavy atom. The number of hydrogen-bond acceptors (Lipinski definition) is 3. The van der Waals surface area contributed by atoms with E-state index in [1.807, 2.05) is 0 Å². The number of imidazole rings is 1. The van der Waals surface area contributed by atoms with E-state index in [1.165, 1.54) is 42.5 Å². The van der Waals surface area contributed by atoms with E-state index in [0.717, 1.165) is 35.9 Å². The van der Waals surface area contributed by atoms with Gasteiger partial charge in [0.2, 0.25) is 0 Å². The van der Waals surface area contributed by atoms with Gasteiger partial charge in [-0.05, 0) is 56.8 Å². The number of benzene rings is 1. The zero-order chi connectivity index (χ0) is 17.0. The third-order valence-electron chi connectivity index (χ3n) is 5.74. The van der Waals surface area contributed by atoms with Crippen molar-refractivity contribution >= 4 is 11.0 Å². The number of fused-ring (bicyclic) bond motifs is 1. The summed E-state index contributed by atoms with van der Waals surface area (Å²) in [4.78, 5) is 11.0. The molecule has 0 radical (unpaired) electrons. The van der Waals surface area contributed by atoms with Gasteiger partial charge in [0.1, 0.15) is 5.82 Å². The van der Waals surface area contributed by atoms with E-state index in [4.69, 9.17) is 4.98 Å². The first-order chi connectivity index (χ1) is 12.2. The zero-order valence-corrected chi connectivity index (χ0v) is 15.0. The van der Waals surface area contributed by atoms with Crippen LogP contribution in [0.15, 0.2) is 24.4 Å². The van der Waals surface area contributed by atoms with Gasteiger partial charge in [0, 0.05) is 30.8 Å². The van der Waals surface area contributed by atoms with Gasteiger partial charge in [-0.1, -0.05) is 6.07 Å². The molecule has 130 valence electrons. The Bertz CT molecular complexity index is 917. The number of nitrogens with one attached hydrogen (secondary N) is 1. The van der Waals surface area contributed by atoms with Gasteiger partial charge in [-0.25, -0.2) is 4.98 Å². The second kappa shape index (κ2) is 5.70. The van der Waals surface area contributed by atoms with E-state index < -0.39 is 0 Å². The predicted molar refractivity (Wildman–Crippen MR) is 98.4 cm³/mol. The predicted octanol–water partition coefficient (Wildman–Crippen LogP) is 3.82. The molecule has 0 bridgehead atoms. The topological polar surface area (TPSA) is 49.7 Å². The molecular weight excluding hydrogens is 310 g/mol. The van der Waals surface area contributed by atoms with Crippen LogP contribution in [0.2, 0.25) is 0 Å². The minimum Gasteiger partial charge on any atom is -0.341 e. The van der Waals surface area contributed by atoms with Crippen LogP contribution in [-0.4, -0.2) is 31.2 Å². The van der Waals surface area contributed by atoms with Crippen LogP contribution < -0.4 is 0 Å². The summed E-state index contributed by atoms with van der Waals surface area (Å²) in [5, 5.41) is 4.53. The van der Waals surface area contributed by atoms with E-state index >= 15 is 0 Å². The molecule has 2 aromatic heterocycles. The maximum Gasteiger partial charge on any atom is 0.124 e. The number of nitrogens with zero attached hydrogens (tertiary/aromatic N) is 4. The van der Waals surface area contributed by atoms with Crippen LogP contribution in [0.3, 0.4) is 0 Å². The average molecular weight is 335 g/mol. The molecule has 1 aromatic carbocycles. The number of rotatable bonds is 4. The first kappa shape index (κ1) is 15.1. The monoisotopic (exact) mass is 335 g/mol. The molecular formula is C20H25N5. The normalized spacial score (nSPS) is 21.4. The third-order valence-corrected chi connectivity index (χ3v) is 5.74. The number of H-pyrrole nitrogens is 1. The molecule has 0 amide bonds. The van der Waals surface area contributed by atoms with Crippen LogP contribution in [0, 0.1) is 6.92 Å². The summed E-state index contributed by atoms with van der Waals surface area (Å²) in [5.41, 5.74) is 6.36. The Balaban J connectivity index is 1.43. The molecule has 3 aromatic rings. The fourth-order valence-corrected chi connectivity index (χ4v) is 4.34. The summed E-state index contributed by atoms with van der Waals surface area (Å²) >= 11 is 0. The Labute approximate surface area is 148 Å². The fourth-order valence-electron chi connectivity index (χ4n) is 4.34. The molecule has 5 nitrogen and oxygen atoms in total. The van der Waals surface area contributed by atoms with Crippen molar-refractivity contribution in [2.45, 2.75) is 51.1 Å². The van der Waals surface area contributed by atoms with Crippen LogP contribution in [-0.2, 0) is 13.6 Å². The molecule has 5 rings (SSSR count). The van der Waals surface area contributed by atoms with E-state index in [-0.39, 0.29) is 0 Å². The molecule has 0 spiro atoms. The Morgan fingerprint density at radius 1 is 1.24 bits per heavy atom. The molecule has 0 unspecified atom stereocenters. The maximum absolute atomic E-state index is 4.88. The summed E-state index contributed by atoms with van der Waals surface area (Å²) in [5.74, 6) is 1.85. The summed E-state index contributed by atoms with van der Waals surface area (Å²) in [7, 11) is 2.08. The van der Waals surface area contributed by atoms with Crippen LogP contribution in [0.25, 0.3) is 11.0 Å². The largest absolute Gasteiger partial charge is 0.341 e. The van der Waals surface area contributed by atoms with Gasteiger partial charge in [-0.2, -0.15) is 5.10 Å². The van der Waals surface area contributed by atoms with Crippen LogP contribution in [0.5, 0.6) is 0 Å². The maximum atomic E-state index is 4.88. The summed E-state index contributed by atoms with van der Waals surface area (Å²) < 4.78 is 2.09. The molecule has 1 aliphatic heterocycles. The van der Waals surface area contributed by atoms with E-state index in [1.54, 1.807) is 0 Å². The molecule has 1 saturated heterocycles. The molecule has 1 N–H and O–H groups in total. The Morgan fingerprint density at radius 2 is 2.12 bits per heavy atom. The molecule has 1 saturated carbocycles. The molecule has 2 fully saturated rings. The Hall–Kier alpha value is -2.14. The van der Waals surface area contributed by atoms with Crippen LogP contribution in [0.4, 0.5) is 0 Å². The molecule has 3 heterocycles. The first-order valence-corrected chi connectivity index (χ1v) is 9.40. The summed E-state index contributed by atoms with van der Waals surface area (Å²) in [6, 6.07) is 6.84. The van der Waals surface area contributed by atoms with Crippen molar-refractivity contribution in [3.63, 3.8) is 0 Å². The van der Waals surface area contributed by atoms with Crippen molar-refractivity contribution in [1.82, 2.24) is 24.6 Å². The summed E-state index contributed by atoms with van der Waals surface area (Å²) in [6.07, 6.45) is 7.13. The second-order valence-corrected chi connectivity index (χ2v) is 7.72. The van der Waals surface area contributed by atoms with Crippen LogP contribution >= 0.6 is 0 Å². The van der Waals surface area contributed by atoms with Crippen molar-refractivity contribution in [3.8, 4) is 0 Å². The van der Waals surface area contributed by atoms with Crippen molar-refractivity contribution in [3.05, 3.63) is 47.0 Å². The van der Waals surface area contributed by atoms with Gasteiger partial charge in [-0.3, -0.25) is 9.58 Å². The van der Waals surface area contributed by atoms with Crippen molar-refractivity contribution < 1.29 is 0 Å². The zero-order valence-electron chi connectivity index (χ0n) is 15.0. The van der Waals surface area contributed by atoms with Gasteiger partial charge in [-0.15, -0.1) is 0 Å². The molecule has 5 heteroatoms. The molecule has 1 aliphatic carbocycles. The quantitative estimate of drug-likeness (QED) is 0.788. The highest BCUT2D eigenvalue weighted by atomic mass is 15.3. The standard InChI is InChI=1S/C20H25N5/c1-13-5-8-16-17(10-13)23-20(22-16)18-4-3-9-25(18)12-15-11-21-24(2)19(15)14-6-7-14/h5,8,10-11,14,18H,3-4,6-7,9,12H2,1-2H3,(H,22,23)/t18-/m1/s1. The van der Waals surface area contributed by atoms with Gasteiger partial charge in [0.05, 0.1) is 23.3 Å². The average Bonchev–Trinajstić information content (AvgIpc) is 3.02. The molecule has 2 aliphatic rings. The van der Waals surface area contributed by atoms with Crippen LogP contribution in [0.1, 0.15) is 60.3 Å². The second-order valence-electron chi connectivity index (χ2n) is 7.72. The van der Waals surface area contributed by atoms with Crippen molar-refractivity contribution in [2.75, 3.05) is 6.54 Å². The first-order valence-electron chi connectivity index (χ1n) is 9.40. The van der Waals surface area contributed by atoms with Gasteiger partial charge in [0.25, 0.3) is 0 Å². The third kappa shape index (κ3) is 2.67. The Kier molecular flexibility index (Phi) is 3.45. The lowest BCUT2D eigenvalue weighted by Gasteiger charge is -2.23. The highest BCUT2D eigenvalue weighted by molar-refractivity contribution is 5.75. The lowest BCUT2D eigenvalue weighted by atomic mass is 10.1. The van der Waals surface area contributed by atoms with E-state index in [2.05, 4.69) is 58.0 Å². The number of likely N-dealkylation sites (tertiary alicyclic amines) is 1. The lowest BCUT2D eigenvalue weighted by molar-refractivity contribution is 0.240. The minimum atomic E-state index is 0.389. The van der Waals surface area contributed by atoms with E-state index in [0.29, 0.717) is 6.04 Å². The van der Waals surface area contributed by atoms with Crippen molar-refractivity contribution in [2.24, 2.45) is 7.05 Å². The van der Waals surface area contributed by atoms with Gasteiger partial charge >= 0.3 is 0 Å². The van der Waals surface area contributed by atoms with Crippen molar-refractivity contribution in [1.29, 1.82) is 0 Å². The number of hydrogen-bond donors (Lipinski definition) is 1. The highest BCUT2D eigenvalue weighted by Crippen LogP contribution is 2.42. The van der Waals surface area contributed by atoms with Gasteiger partial charge in [0.15, 0.2) is 0 Å². The number of aromatic nitrogens is 4. The highest BCUT2D eigenvalue weighted by Gasteiger charge is 2.33. The fraction of sp³-hybridized carbons (Fsp3) is 0.500. The number of aromatic amines is 1. The number of aryl methyl sites for hydroxylation is 2. The molecule has 25 heavy (non-hydrogen) atoms. The molecule has 1 atom stereocenters. The van der Waals surface area contributed by atoms with E-state index in [9.17, 15) is 0 Å². The minimum absolute atomic E-state index is 0.389. The van der Waals surface area contributed by atoms with Gasteiger partial charge < -0.3 is 4.98 Å². The smallest absolute Gasteiger partial charge is 0.124 e.